The van der Waals surface area contributed by atoms with Crippen molar-refractivity contribution in [1.29, 1.82) is 0 Å². The Labute approximate surface area is 299 Å². The third-order valence-corrected chi connectivity index (χ3v) is 12.0. The minimum atomic E-state index is 0.900. The molecule has 0 aliphatic heterocycles. The van der Waals surface area contributed by atoms with E-state index in [0.717, 1.165) is 6.42 Å². The van der Waals surface area contributed by atoms with Gasteiger partial charge >= 0.3 is 0 Å². The monoisotopic (exact) mass is 665 g/mol. The Morgan fingerprint density at radius 2 is 1.16 bits per heavy atom. The lowest BCUT2D eigenvalue weighted by molar-refractivity contribution is 1.21. The SMILES string of the molecule is c1ccc(Cc2cc3ccccc3c3cc(-c4cc5c6ccccc6sc5c5c4c4ccccc4n5-c4cccc5ccccc45)ccc23)cc1. The lowest BCUT2D eigenvalue weighted by Gasteiger charge is -2.15. The number of fused-ring (bicyclic) bond motifs is 11. The van der Waals surface area contributed by atoms with Gasteiger partial charge in [-0.2, -0.15) is 0 Å². The standard InChI is InChI=1S/C49H31NS/c1-2-13-31(14-3-1)27-35-28-33-16-5-6-18-36(33)42-29-34(25-26-37(35)42)41-30-43-39-20-9-11-24-46(39)51-49(43)48-47(41)40-21-8-10-22-45(40)50(48)44-23-12-17-32-15-4-7-19-38(32)44/h1-26,28-30H,27H2. The largest absolute Gasteiger partial charge is 0.307 e. The summed E-state index contributed by atoms with van der Waals surface area (Å²) >= 11 is 1.91. The molecule has 238 valence electrons. The molecule has 0 atom stereocenters. The van der Waals surface area contributed by atoms with Gasteiger partial charge in [-0.15, -0.1) is 11.3 Å². The van der Waals surface area contributed by atoms with Crippen molar-refractivity contribution < 1.29 is 0 Å². The van der Waals surface area contributed by atoms with Crippen LogP contribution in [0.1, 0.15) is 11.1 Å². The smallest absolute Gasteiger partial charge is 0.0726 e. The van der Waals surface area contributed by atoms with Crippen LogP contribution in [0, 0.1) is 0 Å². The van der Waals surface area contributed by atoms with Crippen LogP contribution in [-0.4, -0.2) is 4.57 Å². The first-order valence-corrected chi connectivity index (χ1v) is 18.5. The van der Waals surface area contributed by atoms with E-state index < -0.39 is 0 Å². The fraction of sp³-hybridized carbons (Fsp3) is 0.0204. The molecule has 0 saturated carbocycles. The van der Waals surface area contributed by atoms with Crippen molar-refractivity contribution in [2.24, 2.45) is 0 Å². The van der Waals surface area contributed by atoms with Crippen LogP contribution in [0.5, 0.6) is 0 Å². The van der Waals surface area contributed by atoms with E-state index in [1.807, 2.05) is 11.3 Å². The maximum atomic E-state index is 2.54. The Morgan fingerprint density at radius 3 is 2.04 bits per heavy atom. The van der Waals surface area contributed by atoms with Crippen molar-refractivity contribution in [2.45, 2.75) is 6.42 Å². The van der Waals surface area contributed by atoms with Crippen molar-refractivity contribution in [1.82, 2.24) is 4.57 Å². The van der Waals surface area contributed by atoms with Crippen LogP contribution in [0.4, 0.5) is 0 Å². The van der Waals surface area contributed by atoms with E-state index in [0.29, 0.717) is 0 Å². The molecule has 9 aromatic carbocycles. The Hall–Kier alpha value is -6.22. The highest BCUT2D eigenvalue weighted by Crippen LogP contribution is 2.48. The van der Waals surface area contributed by atoms with E-state index in [-0.39, 0.29) is 0 Å². The van der Waals surface area contributed by atoms with Crippen LogP contribution in [0.2, 0.25) is 0 Å². The first-order valence-electron chi connectivity index (χ1n) is 17.6. The summed E-state index contributed by atoms with van der Waals surface area (Å²) in [5.41, 5.74) is 8.93. The van der Waals surface area contributed by atoms with Crippen molar-refractivity contribution in [3.05, 3.63) is 187 Å². The van der Waals surface area contributed by atoms with Gasteiger partial charge in [-0.05, 0) is 85.9 Å². The zero-order valence-corrected chi connectivity index (χ0v) is 28.6. The number of thiophene rings is 1. The van der Waals surface area contributed by atoms with Gasteiger partial charge in [-0.1, -0.05) is 146 Å². The molecule has 0 aliphatic carbocycles. The van der Waals surface area contributed by atoms with E-state index >= 15 is 0 Å². The van der Waals surface area contributed by atoms with Crippen molar-refractivity contribution in [3.8, 4) is 16.8 Å². The fourth-order valence-electron chi connectivity index (χ4n) is 8.52. The summed E-state index contributed by atoms with van der Waals surface area (Å²) in [6.45, 7) is 0. The summed E-state index contributed by atoms with van der Waals surface area (Å²) in [5, 5.41) is 12.9. The van der Waals surface area contributed by atoms with Crippen molar-refractivity contribution in [2.75, 3.05) is 0 Å². The molecule has 11 rings (SSSR count). The molecule has 0 bridgehead atoms. The number of rotatable bonds is 4. The van der Waals surface area contributed by atoms with Gasteiger partial charge in [0, 0.05) is 31.6 Å². The summed E-state index contributed by atoms with van der Waals surface area (Å²) < 4.78 is 5.19. The molecular formula is C49H31NS. The van der Waals surface area contributed by atoms with Crippen LogP contribution in [-0.2, 0) is 6.42 Å². The van der Waals surface area contributed by atoms with Gasteiger partial charge in [-0.3, -0.25) is 0 Å². The summed E-state index contributed by atoms with van der Waals surface area (Å²) in [6, 6.07) is 65.2. The molecule has 2 heteroatoms. The predicted octanol–water partition coefficient (Wildman–Crippen LogP) is 13.9. The van der Waals surface area contributed by atoms with Gasteiger partial charge in [-0.25, -0.2) is 0 Å². The minimum Gasteiger partial charge on any atom is -0.307 e. The van der Waals surface area contributed by atoms with E-state index in [1.165, 1.54) is 102 Å². The lowest BCUT2D eigenvalue weighted by Crippen LogP contribution is -1.95. The van der Waals surface area contributed by atoms with Crippen molar-refractivity contribution in [3.63, 3.8) is 0 Å². The molecule has 2 heterocycles. The second kappa shape index (κ2) is 11.1. The van der Waals surface area contributed by atoms with Crippen LogP contribution < -0.4 is 0 Å². The number of hydrogen-bond acceptors (Lipinski definition) is 1. The van der Waals surface area contributed by atoms with Crippen molar-refractivity contribution >= 4 is 85.6 Å². The molecule has 0 radical (unpaired) electrons. The summed E-state index contributed by atoms with van der Waals surface area (Å²) in [7, 11) is 0. The number of benzene rings is 9. The summed E-state index contributed by atoms with van der Waals surface area (Å²) in [6.07, 6.45) is 0.900. The normalized spacial score (nSPS) is 12.0. The van der Waals surface area contributed by atoms with Crippen LogP contribution in [0.25, 0.3) is 91.1 Å². The fourth-order valence-corrected chi connectivity index (χ4v) is 9.74. The molecule has 11 aromatic rings. The van der Waals surface area contributed by atoms with Gasteiger partial charge in [0.1, 0.15) is 0 Å². The number of aromatic nitrogens is 1. The minimum absolute atomic E-state index is 0.900. The maximum Gasteiger partial charge on any atom is 0.0726 e. The van der Waals surface area contributed by atoms with E-state index in [2.05, 4.69) is 180 Å². The zero-order valence-electron chi connectivity index (χ0n) is 27.8. The Morgan fingerprint density at radius 1 is 0.451 bits per heavy atom. The second-order valence-electron chi connectivity index (χ2n) is 13.7. The predicted molar refractivity (Wildman–Crippen MR) is 221 cm³/mol. The third kappa shape index (κ3) is 4.33. The maximum absolute atomic E-state index is 2.54. The quantitative estimate of drug-likeness (QED) is 0.165. The van der Waals surface area contributed by atoms with E-state index in [4.69, 9.17) is 0 Å². The summed E-state index contributed by atoms with van der Waals surface area (Å²) in [4.78, 5) is 0. The average Bonchev–Trinajstić information content (AvgIpc) is 3.74. The van der Waals surface area contributed by atoms with Crippen LogP contribution >= 0.6 is 11.3 Å². The molecule has 0 N–H and O–H groups in total. The topological polar surface area (TPSA) is 4.93 Å². The molecule has 0 unspecified atom stereocenters. The highest BCUT2D eigenvalue weighted by atomic mass is 32.1. The van der Waals surface area contributed by atoms with Gasteiger partial charge in [0.15, 0.2) is 0 Å². The van der Waals surface area contributed by atoms with Crippen LogP contribution in [0.15, 0.2) is 176 Å². The number of para-hydroxylation sites is 1. The Bertz CT molecular complexity index is 3160. The Balaban J connectivity index is 1.28. The number of nitrogens with zero attached hydrogens (tertiary/aromatic N) is 1. The van der Waals surface area contributed by atoms with Gasteiger partial charge < -0.3 is 4.57 Å². The van der Waals surface area contributed by atoms with Gasteiger partial charge in [0.05, 0.1) is 21.4 Å². The molecule has 0 spiro atoms. The van der Waals surface area contributed by atoms with Gasteiger partial charge in [0.2, 0.25) is 0 Å². The third-order valence-electron chi connectivity index (χ3n) is 10.8. The molecule has 51 heavy (non-hydrogen) atoms. The van der Waals surface area contributed by atoms with E-state index in [9.17, 15) is 0 Å². The average molecular weight is 666 g/mol. The molecular weight excluding hydrogens is 635 g/mol. The first kappa shape index (κ1) is 28.6. The lowest BCUT2D eigenvalue weighted by atomic mass is 9.90. The molecule has 0 amide bonds. The molecule has 0 aliphatic rings. The Kier molecular flexibility index (Phi) is 6.25. The highest BCUT2D eigenvalue weighted by Gasteiger charge is 2.23. The van der Waals surface area contributed by atoms with Crippen LogP contribution in [0.3, 0.4) is 0 Å². The highest BCUT2D eigenvalue weighted by molar-refractivity contribution is 7.26. The molecule has 0 saturated heterocycles. The molecule has 1 nitrogen and oxygen atoms in total. The second-order valence-corrected chi connectivity index (χ2v) is 14.7. The number of hydrogen-bond donors (Lipinski definition) is 0. The van der Waals surface area contributed by atoms with Gasteiger partial charge in [0.25, 0.3) is 0 Å². The molecule has 0 fully saturated rings. The zero-order chi connectivity index (χ0) is 33.5. The van der Waals surface area contributed by atoms with E-state index in [1.54, 1.807) is 0 Å². The first-order chi connectivity index (χ1) is 25.3. The molecule has 2 aromatic heterocycles. The summed E-state index contributed by atoms with van der Waals surface area (Å²) in [5.74, 6) is 0.